The minimum absolute atomic E-state index is 0.191. The van der Waals surface area contributed by atoms with E-state index in [1.165, 1.54) is 18.1 Å². The first-order valence-corrected chi connectivity index (χ1v) is 6.17. The van der Waals surface area contributed by atoms with Crippen LogP contribution in [-0.2, 0) is 9.53 Å². The number of carbonyl (C=O) groups is 1. The lowest BCUT2D eigenvalue weighted by molar-refractivity contribution is -0.126. The van der Waals surface area contributed by atoms with Crippen molar-refractivity contribution in [1.29, 1.82) is 5.26 Å². The van der Waals surface area contributed by atoms with Crippen molar-refractivity contribution in [3.05, 3.63) is 41.5 Å². The number of methoxy groups -OCH3 is 1. The number of carbonyl (C=O) groups excluding carboxylic acids is 1. The molecule has 0 bridgehead atoms. The standard InChI is InChI=1S/C15H18N2O3/c1-17(10-14(18)11-20-2)15(19)8-7-12-3-5-13(9-16)6-4-12/h3-8,14,18H,10-11H2,1-2H3. The van der Waals surface area contributed by atoms with Gasteiger partial charge >= 0.3 is 0 Å². The maximum absolute atomic E-state index is 11.8. The lowest BCUT2D eigenvalue weighted by Crippen LogP contribution is -2.35. The monoisotopic (exact) mass is 274 g/mol. The predicted molar refractivity (Wildman–Crippen MR) is 75.7 cm³/mol. The average molecular weight is 274 g/mol. The average Bonchev–Trinajstić information content (AvgIpc) is 2.45. The Morgan fingerprint density at radius 1 is 1.50 bits per heavy atom. The second kappa shape index (κ2) is 8.10. The number of amides is 1. The van der Waals surface area contributed by atoms with Gasteiger partial charge in [0.2, 0.25) is 5.91 Å². The summed E-state index contributed by atoms with van der Waals surface area (Å²) in [6, 6.07) is 8.95. The van der Waals surface area contributed by atoms with Gasteiger partial charge in [-0.15, -0.1) is 0 Å². The van der Waals surface area contributed by atoms with Gasteiger partial charge in [-0.25, -0.2) is 0 Å². The fourth-order valence-electron chi connectivity index (χ4n) is 1.61. The van der Waals surface area contributed by atoms with Gasteiger partial charge in [-0.2, -0.15) is 5.26 Å². The molecule has 20 heavy (non-hydrogen) atoms. The number of aliphatic hydroxyl groups excluding tert-OH is 1. The van der Waals surface area contributed by atoms with Crippen LogP contribution in [0.15, 0.2) is 30.3 Å². The first-order valence-electron chi connectivity index (χ1n) is 6.17. The molecular formula is C15H18N2O3. The molecule has 106 valence electrons. The van der Waals surface area contributed by atoms with E-state index >= 15 is 0 Å². The van der Waals surface area contributed by atoms with Crippen LogP contribution in [0.25, 0.3) is 6.08 Å². The molecule has 1 aromatic rings. The first-order chi connectivity index (χ1) is 9.56. The summed E-state index contributed by atoms with van der Waals surface area (Å²) in [5.74, 6) is -0.204. The van der Waals surface area contributed by atoms with Crippen LogP contribution in [0.1, 0.15) is 11.1 Å². The topological polar surface area (TPSA) is 73.6 Å². The zero-order chi connectivity index (χ0) is 15.0. The third kappa shape index (κ3) is 5.22. The molecule has 1 aromatic carbocycles. The van der Waals surface area contributed by atoms with Gasteiger partial charge in [-0.1, -0.05) is 12.1 Å². The Morgan fingerprint density at radius 3 is 2.70 bits per heavy atom. The minimum Gasteiger partial charge on any atom is -0.389 e. The molecule has 1 unspecified atom stereocenters. The Bertz CT molecular complexity index is 503. The summed E-state index contributed by atoms with van der Waals surface area (Å²) in [4.78, 5) is 13.2. The number of nitrogens with zero attached hydrogens (tertiary/aromatic N) is 2. The minimum atomic E-state index is -0.697. The summed E-state index contributed by atoms with van der Waals surface area (Å²) in [6.07, 6.45) is 2.40. The molecule has 0 spiro atoms. The van der Waals surface area contributed by atoms with Gasteiger partial charge in [0, 0.05) is 26.8 Å². The second-order valence-corrected chi connectivity index (χ2v) is 4.40. The number of hydrogen-bond acceptors (Lipinski definition) is 4. The van der Waals surface area contributed by atoms with E-state index in [0.717, 1.165) is 5.56 Å². The van der Waals surface area contributed by atoms with Crippen molar-refractivity contribution in [2.45, 2.75) is 6.10 Å². The number of rotatable bonds is 6. The molecule has 0 aliphatic heterocycles. The molecule has 0 aromatic heterocycles. The Kier molecular flexibility index (Phi) is 6.44. The molecule has 0 heterocycles. The van der Waals surface area contributed by atoms with E-state index in [-0.39, 0.29) is 19.1 Å². The molecule has 5 heteroatoms. The van der Waals surface area contributed by atoms with Gasteiger partial charge in [0.05, 0.1) is 24.3 Å². The SMILES string of the molecule is COCC(O)CN(C)C(=O)C=Cc1ccc(C#N)cc1. The molecule has 0 saturated heterocycles. The zero-order valence-corrected chi connectivity index (χ0v) is 11.6. The van der Waals surface area contributed by atoms with Crippen LogP contribution in [0, 0.1) is 11.3 Å². The predicted octanol–water partition coefficient (Wildman–Crippen LogP) is 1.04. The molecule has 0 radical (unpaired) electrons. The molecule has 1 atom stereocenters. The fraction of sp³-hybridized carbons (Fsp3) is 0.333. The summed E-state index contributed by atoms with van der Waals surface area (Å²) in [5, 5.41) is 18.2. The highest BCUT2D eigenvalue weighted by Crippen LogP contribution is 2.05. The second-order valence-electron chi connectivity index (χ2n) is 4.40. The molecule has 0 aliphatic rings. The lowest BCUT2D eigenvalue weighted by Gasteiger charge is -2.18. The van der Waals surface area contributed by atoms with E-state index < -0.39 is 6.10 Å². The van der Waals surface area contributed by atoms with Gasteiger partial charge in [0.25, 0.3) is 0 Å². The summed E-state index contributed by atoms with van der Waals surface area (Å²) in [7, 11) is 3.11. The number of ether oxygens (including phenoxy) is 1. The highest BCUT2D eigenvalue weighted by atomic mass is 16.5. The van der Waals surface area contributed by atoms with Crippen molar-refractivity contribution >= 4 is 12.0 Å². The number of aliphatic hydroxyl groups is 1. The van der Waals surface area contributed by atoms with E-state index in [9.17, 15) is 9.90 Å². The van der Waals surface area contributed by atoms with E-state index in [1.807, 2.05) is 6.07 Å². The summed E-state index contributed by atoms with van der Waals surface area (Å²) in [5.41, 5.74) is 1.41. The molecule has 0 fully saturated rings. The molecule has 0 saturated carbocycles. The van der Waals surface area contributed by atoms with Crippen LogP contribution in [0.5, 0.6) is 0 Å². The molecule has 1 N–H and O–H groups in total. The largest absolute Gasteiger partial charge is 0.389 e. The number of benzene rings is 1. The van der Waals surface area contributed by atoms with Gasteiger partial charge in [-0.05, 0) is 23.8 Å². The Morgan fingerprint density at radius 2 is 2.15 bits per heavy atom. The third-order valence-electron chi connectivity index (χ3n) is 2.68. The summed E-state index contributed by atoms with van der Waals surface area (Å²) >= 11 is 0. The quantitative estimate of drug-likeness (QED) is 0.786. The van der Waals surface area contributed by atoms with Crippen molar-refractivity contribution in [1.82, 2.24) is 4.90 Å². The van der Waals surface area contributed by atoms with Crippen molar-refractivity contribution in [3.63, 3.8) is 0 Å². The zero-order valence-electron chi connectivity index (χ0n) is 11.6. The van der Waals surface area contributed by atoms with E-state index in [2.05, 4.69) is 0 Å². The van der Waals surface area contributed by atoms with Crippen molar-refractivity contribution in [2.24, 2.45) is 0 Å². The van der Waals surface area contributed by atoms with Crippen molar-refractivity contribution < 1.29 is 14.6 Å². The van der Waals surface area contributed by atoms with Crippen LogP contribution in [0.4, 0.5) is 0 Å². The third-order valence-corrected chi connectivity index (χ3v) is 2.68. The number of likely N-dealkylation sites (N-methyl/N-ethyl adjacent to an activating group) is 1. The maximum atomic E-state index is 11.8. The van der Waals surface area contributed by atoms with Crippen LogP contribution < -0.4 is 0 Å². The summed E-state index contributed by atoms with van der Waals surface area (Å²) in [6.45, 7) is 0.404. The van der Waals surface area contributed by atoms with Crippen LogP contribution in [-0.4, -0.2) is 49.3 Å². The van der Waals surface area contributed by atoms with E-state index in [4.69, 9.17) is 10.00 Å². The van der Waals surface area contributed by atoms with Crippen molar-refractivity contribution in [2.75, 3.05) is 27.3 Å². The Balaban J connectivity index is 2.55. The van der Waals surface area contributed by atoms with Gasteiger partial charge in [-0.3, -0.25) is 4.79 Å². The van der Waals surface area contributed by atoms with Gasteiger partial charge in [0.1, 0.15) is 0 Å². The highest BCUT2D eigenvalue weighted by molar-refractivity contribution is 5.91. The molecule has 5 nitrogen and oxygen atoms in total. The van der Waals surface area contributed by atoms with E-state index in [1.54, 1.807) is 37.4 Å². The molecular weight excluding hydrogens is 256 g/mol. The van der Waals surface area contributed by atoms with Crippen LogP contribution in [0.2, 0.25) is 0 Å². The molecule has 1 amide bonds. The number of nitriles is 1. The highest BCUT2D eigenvalue weighted by Gasteiger charge is 2.10. The molecule has 1 rings (SSSR count). The van der Waals surface area contributed by atoms with Gasteiger partial charge in [0.15, 0.2) is 0 Å². The van der Waals surface area contributed by atoms with Gasteiger partial charge < -0.3 is 14.7 Å². The van der Waals surface area contributed by atoms with Crippen LogP contribution >= 0.6 is 0 Å². The lowest BCUT2D eigenvalue weighted by atomic mass is 10.1. The first kappa shape index (κ1) is 15.9. The fourth-order valence-corrected chi connectivity index (χ4v) is 1.61. The summed E-state index contributed by atoms with van der Waals surface area (Å²) < 4.78 is 4.80. The normalized spacial score (nSPS) is 12.1. The number of hydrogen-bond donors (Lipinski definition) is 1. The smallest absolute Gasteiger partial charge is 0.246 e. The van der Waals surface area contributed by atoms with Crippen molar-refractivity contribution in [3.8, 4) is 6.07 Å². The Hall–Kier alpha value is -2.16. The van der Waals surface area contributed by atoms with Crippen LogP contribution in [0.3, 0.4) is 0 Å². The molecule has 0 aliphatic carbocycles. The Labute approximate surface area is 118 Å². The van der Waals surface area contributed by atoms with E-state index in [0.29, 0.717) is 5.56 Å². The maximum Gasteiger partial charge on any atom is 0.246 e.